The molecule has 1 unspecified atom stereocenters. The molecule has 1 aromatic rings. The van der Waals surface area contributed by atoms with Crippen LogP contribution in [-0.2, 0) is 4.74 Å². The van der Waals surface area contributed by atoms with Crippen LogP contribution in [0.15, 0.2) is 24.3 Å². The maximum atomic E-state index is 12.2. The topological polar surface area (TPSA) is 36.0 Å². The second kappa shape index (κ2) is 7.28. The largest absolute Gasteiger partial charge is 0.444 e. The Bertz CT molecular complexity index is 758. The van der Waals surface area contributed by atoms with Gasteiger partial charge in [0.1, 0.15) is 5.60 Å². The van der Waals surface area contributed by atoms with Gasteiger partial charge < -0.3 is 9.64 Å². The summed E-state index contributed by atoms with van der Waals surface area (Å²) in [4.78, 5) is 19.3. The summed E-state index contributed by atoms with van der Waals surface area (Å²) in [6.45, 7) is 10.9. The maximum absolute atomic E-state index is 12.2. The zero-order chi connectivity index (χ0) is 20.2. The third-order valence-corrected chi connectivity index (χ3v) is 7.06. The second-order valence-corrected chi connectivity index (χ2v) is 10.4. The fourth-order valence-corrected chi connectivity index (χ4v) is 5.30. The highest BCUT2D eigenvalue weighted by molar-refractivity contribution is 5.69. The van der Waals surface area contributed by atoms with E-state index in [1.807, 2.05) is 25.7 Å². The smallest absolute Gasteiger partial charge is 0.410 e. The van der Waals surface area contributed by atoms with Gasteiger partial charge in [0, 0.05) is 44.3 Å². The van der Waals surface area contributed by atoms with Crippen LogP contribution in [0.2, 0.25) is 0 Å². The summed E-state index contributed by atoms with van der Waals surface area (Å²) >= 11 is 0. The molecule has 158 valence electrons. The van der Waals surface area contributed by atoms with Crippen LogP contribution < -0.4 is 0 Å². The van der Waals surface area contributed by atoms with E-state index < -0.39 is 5.60 Å². The van der Waals surface area contributed by atoms with Crippen molar-refractivity contribution in [2.24, 2.45) is 0 Å². The lowest BCUT2D eigenvalue weighted by Gasteiger charge is -2.54. The normalized spacial score (nSPS) is 27.0. The minimum Gasteiger partial charge on any atom is -0.444 e. The van der Waals surface area contributed by atoms with Gasteiger partial charge in [-0.2, -0.15) is 0 Å². The summed E-state index contributed by atoms with van der Waals surface area (Å²) < 4.78 is 5.48. The first kappa shape index (κ1) is 19.4. The highest BCUT2D eigenvalue weighted by Crippen LogP contribution is 2.46. The van der Waals surface area contributed by atoms with Crippen LogP contribution in [0.25, 0.3) is 0 Å². The van der Waals surface area contributed by atoms with Gasteiger partial charge in [-0.25, -0.2) is 4.79 Å². The number of nitrogens with zero attached hydrogens (tertiary/aromatic N) is 3. The fourth-order valence-electron chi connectivity index (χ4n) is 5.30. The molecular weight excluding hydrogens is 362 g/mol. The van der Waals surface area contributed by atoms with Gasteiger partial charge >= 0.3 is 6.09 Å². The molecule has 4 fully saturated rings. The van der Waals surface area contributed by atoms with Gasteiger partial charge in [0.15, 0.2) is 0 Å². The van der Waals surface area contributed by atoms with Crippen LogP contribution >= 0.6 is 0 Å². The summed E-state index contributed by atoms with van der Waals surface area (Å²) in [5.74, 6) is 0.820. The molecule has 1 aliphatic carbocycles. The Morgan fingerprint density at radius 3 is 2.31 bits per heavy atom. The van der Waals surface area contributed by atoms with Crippen LogP contribution in [0.5, 0.6) is 0 Å². The van der Waals surface area contributed by atoms with Crippen molar-refractivity contribution in [1.29, 1.82) is 0 Å². The van der Waals surface area contributed by atoms with Crippen molar-refractivity contribution >= 4 is 6.09 Å². The Balaban J connectivity index is 1.14. The minimum absolute atomic E-state index is 0.165. The first-order valence-corrected chi connectivity index (χ1v) is 11.5. The first-order valence-electron chi connectivity index (χ1n) is 11.5. The van der Waals surface area contributed by atoms with Crippen LogP contribution in [0.4, 0.5) is 4.79 Å². The van der Waals surface area contributed by atoms with Gasteiger partial charge in [-0.15, -0.1) is 0 Å². The van der Waals surface area contributed by atoms with Crippen LogP contribution in [0.3, 0.4) is 0 Å². The molecule has 1 aromatic carbocycles. The summed E-state index contributed by atoms with van der Waals surface area (Å²) in [5.41, 5.74) is 2.81. The molecule has 5 rings (SSSR count). The van der Waals surface area contributed by atoms with E-state index in [4.69, 9.17) is 4.74 Å². The van der Waals surface area contributed by atoms with Gasteiger partial charge in [-0.3, -0.25) is 9.80 Å². The Labute approximate surface area is 175 Å². The van der Waals surface area contributed by atoms with E-state index in [-0.39, 0.29) is 6.09 Å². The van der Waals surface area contributed by atoms with Crippen LogP contribution in [0, 0.1) is 0 Å². The average Bonchev–Trinajstić information content (AvgIpc) is 3.32. The van der Waals surface area contributed by atoms with Crippen molar-refractivity contribution in [3.05, 3.63) is 35.4 Å². The van der Waals surface area contributed by atoms with Gasteiger partial charge in [0.25, 0.3) is 0 Å². The maximum Gasteiger partial charge on any atom is 0.410 e. The first-order chi connectivity index (χ1) is 13.9. The van der Waals surface area contributed by atoms with Crippen LogP contribution in [0.1, 0.15) is 69.5 Å². The van der Waals surface area contributed by atoms with Crippen molar-refractivity contribution in [3.63, 3.8) is 0 Å². The molecule has 0 N–H and O–H groups in total. The monoisotopic (exact) mass is 397 g/mol. The molecule has 0 radical (unpaired) electrons. The zero-order valence-corrected chi connectivity index (χ0v) is 18.1. The molecule has 3 heterocycles. The molecule has 4 aliphatic rings. The number of hydrogen-bond acceptors (Lipinski definition) is 4. The molecule has 3 saturated heterocycles. The lowest BCUT2D eigenvalue weighted by Crippen LogP contribution is -2.70. The second-order valence-electron chi connectivity index (χ2n) is 10.4. The number of hydrogen-bond donors (Lipinski definition) is 0. The van der Waals surface area contributed by atoms with Crippen molar-refractivity contribution in [2.45, 2.75) is 76.1 Å². The lowest BCUT2D eigenvalue weighted by molar-refractivity contribution is -0.0603. The van der Waals surface area contributed by atoms with Gasteiger partial charge in [0.05, 0.1) is 0 Å². The van der Waals surface area contributed by atoms with E-state index in [1.54, 1.807) is 11.1 Å². The standard InChI is InChI=1S/C24H35N3O2/c1-24(2,3)29-23(28)26-13-18(14-26)25-15-19(16-25)27-12-6-9-22(27)21-8-5-4-7-20(21)17-10-11-17/h4-5,7-8,17-19,22H,6,9-16H2,1-3H3. The number of amides is 1. The Morgan fingerprint density at radius 1 is 0.966 bits per heavy atom. The van der Waals surface area contributed by atoms with E-state index in [0.29, 0.717) is 18.1 Å². The van der Waals surface area contributed by atoms with Crippen LogP contribution in [-0.4, -0.2) is 71.2 Å². The quantitative estimate of drug-likeness (QED) is 0.769. The van der Waals surface area contributed by atoms with Gasteiger partial charge in [-0.05, 0) is 70.0 Å². The van der Waals surface area contributed by atoms with E-state index in [9.17, 15) is 4.79 Å². The number of benzene rings is 1. The minimum atomic E-state index is -0.411. The number of likely N-dealkylation sites (tertiary alicyclic amines) is 3. The summed E-state index contributed by atoms with van der Waals surface area (Å²) in [5, 5.41) is 0. The van der Waals surface area contributed by atoms with E-state index in [0.717, 1.165) is 32.1 Å². The predicted molar refractivity (Wildman–Crippen MR) is 114 cm³/mol. The van der Waals surface area contributed by atoms with Crippen molar-refractivity contribution < 1.29 is 9.53 Å². The van der Waals surface area contributed by atoms with Crippen molar-refractivity contribution in [2.75, 3.05) is 32.7 Å². The SMILES string of the molecule is CC(C)(C)OC(=O)N1CC(N2CC(N3CCCC3c3ccccc3C3CC3)C2)C1. The highest BCUT2D eigenvalue weighted by Gasteiger charge is 2.45. The summed E-state index contributed by atoms with van der Waals surface area (Å²) in [6, 6.07) is 11.0. The molecule has 1 saturated carbocycles. The van der Waals surface area contributed by atoms with Crippen molar-refractivity contribution in [3.8, 4) is 0 Å². The molecule has 29 heavy (non-hydrogen) atoms. The molecule has 5 heteroatoms. The Kier molecular flexibility index (Phi) is 4.86. The third-order valence-electron chi connectivity index (χ3n) is 7.06. The average molecular weight is 398 g/mol. The van der Waals surface area contributed by atoms with E-state index in [2.05, 4.69) is 34.1 Å². The molecule has 0 spiro atoms. The lowest BCUT2D eigenvalue weighted by atomic mass is 9.93. The van der Waals surface area contributed by atoms with Gasteiger partial charge in [0.2, 0.25) is 0 Å². The van der Waals surface area contributed by atoms with E-state index >= 15 is 0 Å². The number of ether oxygens (including phenoxy) is 1. The molecule has 3 aliphatic heterocycles. The summed E-state index contributed by atoms with van der Waals surface area (Å²) in [6.07, 6.45) is 5.20. The highest BCUT2D eigenvalue weighted by atomic mass is 16.6. The molecule has 5 nitrogen and oxygen atoms in total. The Hall–Kier alpha value is -1.59. The fraction of sp³-hybridized carbons (Fsp3) is 0.708. The van der Waals surface area contributed by atoms with Crippen molar-refractivity contribution in [1.82, 2.24) is 14.7 Å². The number of rotatable bonds is 4. The molecule has 1 amide bonds. The molecule has 0 aromatic heterocycles. The molecular formula is C24H35N3O2. The summed E-state index contributed by atoms with van der Waals surface area (Å²) in [7, 11) is 0. The van der Waals surface area contributed by atoms with E-state index in [1.165, 1.54) is 32.2 Å². The third kappa shape index (κ3) is 3.91. The molecule has 1 atom stereocenters. The number of carbonyl (C=O) groups is 1. The molecule has 0 bridgehead atoms. The number of carbonyl (C=O) groups excluding carboxylic acids is 1. The van der Waals surface area contributed by atoms with Gasteiger partial charge in [-0.1, -0.05) is 24.3 Å². The predicted octanol–water partition coefficient (Wildman–Crippen LogP) is 4.00. The zero-order valence-electron chi connectivity index (χ0n) is 18.1. The Morgan fingerprint density at radius 2 is 1.66 bits per heavy atom.